The minimum atomic E-state index is -1.11. The van der Waals surface area contributed by atoms with E-state index >= 15 is 0 Å². The number of aromatic amines is 1. The summed E-state index contributed by atoms with van der Waals surface area (Å²) in [6.45, 7) is 4.50. The fraction of sp³-hybridized carbons (Fsp3) is 0.385. The van der Waals surface area contributed by atoms with Crippen molar-refractivity contribution in [3.63, 3.8) is 0 Å². The number of hydrogen-bond acceptors (Lipinski definition) is 3. The molecular formula is C26H32ClFN4O2. The Morgan fingerprint density at radius 1 is 1.18 bits per heavy atom. The van der Waals surface area contributed by atoms with Crippen LogP contribution in [-0.2, 0) is 16.0 Å². The highest BCUT2D eigenvalue weighted by Gasteiger charge is 2.33. The van der Waals surface area contributed by atoms with Gasteiger partial charge in [0.2, 0.25) is 11.8 Å². The second-order valence-corrected chi connectivity index (χ2v) is 9.47. The molecule has 1 aliphatic rings. The summed E-state index contributed by atoms with van der Waals surface area (Å²) in [6, 6.07) is 14.1. The van der Waals surface area contributed by atoms with Gasteiger partial charge in [-0.05, 0) is 61.9 Å². The average molecular weight is 487 g/mol. The molecule has 34 heavy (non-hydrogen) atoms. The Morgan fingerprint density at radius 3 is 2.50 bits per heavy atom. The lowest BCUT2D eigenvalue weighted by Gasteiger charge is -2.35. The summed E-state index contributed by atoms with van der Waals surface area (Å²) in [7, 11) is 0. The molecule has 6 nitrogen and oxygen atoms in total. The van der Waals surface area contributed by atoms with E-state index in [4.69, 9.17) is 5.73 Å². The Morgan fingerprint density at radius 2 is 1.85 bits per heavy atom. The van der Waals surface area contributed by atoms with Gasteiger partial charge in [-0.2, -0.15) is 0 Å². The molecule has 2 aromatic carbocycles. The summed E-state index contributed by atoms with van der Waals surface area (Å²) in [6.07, 6.45) is 3.83. The lowest BCUT2D eigenvalue weighted by Crippen LogP contribution is -2.57. The second-order valence-electron chi connectivity index (χ2n) is 9.47. The number of nitrogens with zero attached hydrogens (tertiary/aromatic N) is 1. The first-order valence-corrected chi connectivity index (χ1v) is 11.4. The number of likely N-dealkylation sites (tertiary alicyclic amines) is 1. The zero-order valence-corrected chi connectivity index (χ0v) is 20.3. The van der Waals surface area contributed by atoms with Crippen LogP contribution in [0, 0.1) is 5.82 Å². The van der Waals surface area contributed by atoms with Gasteiger partial charge in [-0.25, -0.2) is 4.39 Å². The van der Waals surface area contributed by atoms with Gasteiger partial charge in [0.25, 0.3) is 0 Å². The summed E-state index contributed by atoms with van der Waals surface area (Å²) < 4.78 is 13.6. The number of carbonyl (C=O) groups is 2. The Balaban J connectivity index is 0.00000324. The van der Waals surface area contributed by atoms with Crippen molar-refractivity contribution in [1.82, 2.24) is 15.2 Å². The van der Waals surface area contributed by atoms with Crippen LogP contribution in [0.4, 0.5) is 4.39 Å². The van der Waals surface area contributed by atoms with E-state index in [1.165, 1.54) is 17.7 Å². The predicted octanol–water partition coefficient (Wildman–Crippen LogP) is 3.90. The zero-order valence-electron chi connectivity index (χ0n) is 19.5. The monoisotopic (exact) mass is 486 g/mol. The summed E-state index contributed by atoms with van der Waals surface area (Å²) in [5.74, 6) is -0.403. The van der Waals surface area contributed by atoms with Crippen molar-refractivity contribution in [2.45, 2.75) is 50.6 Å². The van der Waals surface area contributed by atoms with Gasteiger partial charge >= 0.3 is 0 Å². The first kappa shape index (κ1) is 25.7. The summed E-state index contributed by atoms with van der Waals surface area (Å²) in [5, 5.41) is 3.70. The number of fused-ring (bicyclic) bond motifs is 1. The molecule has 2 amide bonds. The molecule has 0 radical (unpaired) electrons. The highest BCUT2D eigenvalue weighted by atomic mass is 35.5. The molecule has 0 saturated carbocycles. The number of benzene rings is 2. The van der Waals surface area contributed by atoms with Crippen molar-refractivity contribution in [2.24, 2.45) is 5.73 Å². The summed E-state index contributed by atoms with van der Waals surface area (Å²) in [4.78, 5) is 31.1. The molecule has 1 fully saturated rings. The molecule has 1 saturated heterocycles. The molecule has 3 aromatic rings. The third-order valence-corrected chi connectivity index (χ3v) is 6.42. The third kappa shape index (κ3) is 5.77. The molecule has 1 aliphatic heterocycles. The standard InChI is InChI=1S/C26H31FN4O2.ClH/c1-26(2,28)25(33)30-23(14-19-16-29-22-15-20(27)8-9-21(19)22)24(32)31-12-10-18(11-13-31)17-6-4-3-5-7-17;/h3-9,15-16,18,23,29H,10-14,28H2,1-2H3,(H,30,33);1H. The number of carbonyl (C=O) groups excluding carboxylic acids is 2. The molecule has 4 N–H and O–H groups in total. The van der Waals surface area contributed by atoms with Crippen LogP contribution < -0.4 is 11.1 Å². The molecule has 0 bridgehead atoms. The molecule has 1 aromatic heterocycles. The molecular weight excluding hydrogens is 455 g/mol. The van der Waals surface area contributed by atoms with Crippen molar-refractivity contribution >= 4 is 35.1 Å². The Labute approximate surface area is 205 Å². The minimum absolute atomic E-state index is 0. The van der Waals surface area contributed by atoms with Crippen molar-refractivity contribution in [1.29, 1.82) is 0 Å². The maximum atomic E-state index is 13.6. The van der Waals surface area contributed by atoms with Crippen molar-refractivity contribution in [3.8, 4) is 0 Å². The molecule has 2 heterocycles. The average Bonchev–Trinajstić information content (AvgIpc) is 3.19. The first-order valence-electron chi connectivity index (χ1n) is 11.4. The number of halogens is 2. The van der Waals surface area contributed by atoms with Crippen LogP contribution in [-0.4, -0.2) is 46.4 Å². The second kappa shape index (κ2) is 10.6. The zero-order chi connectivity index (χ0) is 23.6. The highest BCUT2D eigenvalue weighted by molar-refractivity contribution is 5.92. The van der Waals surface area contributed by atoms with Crippen LogP contribution in [0.25, 0.3) is 10.9 Å². The third-order valence-electron chi connectivity index (χ3n) is 6.42. The SMILES string of the molecule is CC(C)(N)C(=O)NC(Cc1c[nH]c2cc(F)ccc12)C(=O)N1CCC(c2ccccc2)CC1.Cl. The van der Waals surface area contributed by atoms with E-state index in [-0.39, 0.29) is 30.0 Å². The van der Waals surface area contributed by atoms with Gasteiger partial charge in [0.05, 0.1) is 5.54 Å². The molecule has 8 heteroatoms. The number of piperidine rings is 1. The van der Waals surface area contributed by atoms with Crippen LogP contribution in [0.5, 0.6) is 0 Å². The van der Waals surface area contributed by atoms with Crippen molar-refractivity contribution in [2.75, 3.05) is 13.1 Å². The van der Waals surface area contributed by atoms with Gasteiger partial charge in [-0.3, -0.25) is 9.59 Å². The molecule has 182 valence electrons. The topological polar surface area (TPSA) is 91.2 Å². The van der Waals surface area contributed by atoms with Crippen molar-refractivity contribution in [3.05, 3.63) is 71.7 Å². The maximum absolute atomic E-state index is 13.6. The number of aromatic nitrogens is 1. The van der Waals surface area contributed by atoms with Crippen LogP contribution in [0.15, 0.2) is 54.7 Å². The minimum Gasteiger partial charge on any atom is -0.361 e. The number of nitrogens with one attached hydrogen (secondary N) is 2. The van der Waals surface area contributed by atoms with Gasteiger partial charge in [0, 0.05) is 36.6 Å². The normalized spacial score (nSPS) is 15.6. The molecule has 0 aliphatic carbocycles. The van der Waals surface area contributed by atoms with Crippen LogP contribution in [0.2, 0.25) is 0 Å². The summed E-state index contributed by atoms with van der Waals surface area (Å²) >= 11 is 0. The molecule has 0 spiro atoms. The quantitative estimate of drug-likeness (QED) is 0.493. The van der Waals surface area contributed by atoms with Gasteiger partial charge in [0.15, 0.2) is 0 Å². The van der Waals surface area contributed by atoms with Gasteiger partial charge in [-0.1, -0.05) is 30.3 Å². The van der Waals surface area contributed by atoms with Crippen LogP contribution in [0.3, 0.4) is 0 Å². The fourth-order valence-electron chi connectivity index (χ4n) is 4.47. The van der Waals surface area contributed by atoms with E-state index in [2.05, 4.69) is 22.4 Å². The molecule has 1 unspecified atom stereocenters. The van der Waals surface area contributed by atoms with Crippen molar-refractivity contribution < 1.29 is 14.0 Å². The summed E-state index contributed by atoms with van der Waals surface area (Å²) in [5.41, 5.74) is 7.67. The number of H-pyrrole nitrogens is 1. The lowest BCUT2D eigenvalue weighted by atomic mass is 9.89. The lowest BCUT2D eigenvalue weighted by molar-refractivity contribution is -0.138. The smallest absolute Gasteiger partial charge is 0.245 e. The molecule has 1 atom stereocenters. The first-order chi connectivity index (χ1) is 15.7. The largest absolute Gasteiger partial charge is 0.361 e. The van der Waals surface area contributed by atoms with E-state index < -0.39 is 11.6 Å². The van der Waals surface area contributed by atoms with E-state index in [0.717, 1.165) is 23.8 Å². The van der Waals surface area contributed by atoms with Crippen LogP contribution >= 0.6 is 12.4 Å². The van der Waals surface area contributed by atoms with E-state index in [9.17, 15) is 14.0 Å². The number of amides is 2. The van der Waals surface area contributed by atoms with E-state index in [0.29, 0.717) is 30.9 Å². The molecule has 4 rings (SSSR count). The Kier molecular flexibility index (Phi) is 8.00. The predicted molar refractivity (Wildman–Crippen MR) is 134 cm³/mol. The van der Waals surface area contributed by atoms with Gasteiger partial charge < -0.3 is 20.9 Å². The number of rotatable bonds is 6. The number of nitrogens with two attached hydrogens (primary N) is 1. The fourth-order valence-corrected chi connectivity index (χ4v) is 4.47. The Hall–Kier alpha value is -2.90. The van der Waals surface area contributed by atoms with Crippen LogP contribution in [0.1, 0.15) is 43.7 Å². The Bertz CT molecular complexity index is 1130. The highest BCUT2D eigenvalue weighted by Crippen LogP contribution is 2.28. The van der Waals surface area contributed by atoms with E-state index in [1.807, 2.05) is 23.1 Å². The van der Waals surface area contributed by atoms with E-state index in [1.54, 1.807) is 26.1 Å². The number of hydrogen-bond donors (Lipinski definition) is 3. The van der Waals surface area contributed by atoms with Gasteiger partial charge in [0.1, 0.15) is 11.9 Å². The maximum Gasteiger partial charge on any atom is 0.245 e. The van der Waals surface area contributed by atoms with Gasteiger partial charge in [-0.15, -0.1) is 12.4 Å².